The molecule has 0 aliphatic carbocycles. The number of hydrogen-bond donors (Lipinski definition) is 0. The van der Waals surface area contributed by atoms with Gasteiger partial charge in [0.2, 0.25) is 5.89 Å². The Morgan fingerprint density at radius 2 is 1.60 bits per heavy atom. The summed E-state index contributed by atoms with van der Waals surface area (Å²) in [5, 5.41) is 0.628. The molecule has 6 heteroatoms. The number of benzene rings is 2. The minimum absolute atomic E-state index is 0.305. The van der Waals surface area contributed by atoms with E-state index in [0.29, 0.717) is 27.8 Å². The van der Waals surface area contributed by atoms with Crippen LogP contribution in [0.2, 0.25) is 5.02 Å². The van der Waals surface area contributed by atoms with Crippen LogP contribution >= 0.6 is 11.6 Å². The number of carbonyl (C=O) groups is 2. The molecule has 0 saturated heterocycles. The van der Waals surface area contributed by atoms with Crippen molar-refractivity contribution in [3.63, 3.8) is 0 Å². The van der Waals surface area contributed by atoms with Crippen molar-refractivity contribution in [2.75, 3.05) is 0 Å². The van der Waals surface area contributed by atoms with Crippen LogP contribution in [0.1, 0.15) is 39.6 Å². The van der Waals surface area contributed by atoms with Gasteiger partial charge in [0.15, 0.2) is 5.76 Å². The van der Waals surface area contributed by atoms with Crippen molar-refractivity contribution < 1.29 is 14.0 Å². The van der Waals surface area contributed by atoms with E-state index < -0.39 is 6.04 Å². The number of oxazole rings is 1. The van der Waals surface area contributed by atoms with Crippen molar-refractivity contribution in [1.29, 1.82) is 0 Å². The first-order valence-corrected chi connectivity index (χ1v) is 8.12. The number of carbonyl (C=O) groups excluding carboxylic acids is 2. The van der Waals surface area contributed by atoms with E-state index in [1.54, 1.807) is 49.5 Å². The zero-order valence-corrected chi connectivity index (χ0v) is 14.0. The lowest BCUT2D eigenvalue weighted by molar-refractivity contribution is 0.0574. The van der Waals surface area contributed by atoms with E-state index in [2.05, 4.69) is 4.98 Å². The smallest absolute Gasteiger partial charge is 0.262 e. The Kier molecular flexibility index (Phi) is 3.66. The summed E-state index contributed by atoms with van der Waals surface area (Å²) in [4.78, 5) is 30.5. The lowest BCUT2D eigenvalue weighted by Crippen LogP contribution is -2.32. The molecule has 1 unspecified atom stereocenters. The van der Waals surface area contributed by atoms with Gasteiger partial charge in [0.1, 0.15) is 6.04 Å². The molecule has 5 nitrogen and oxygen atoms in total. The molecule has 2 aromatic carbocycles. The number of fused-ring (bicyclic) bond motifs is 1. The quantitative estimate of drug-likeness (QED) is 0.657. The third-order valence-electron chi connectivity index (χ3n) is 4.22. The van der Waals surface area contributed by atoms with Crippen LogP contribution in [-0.4, -0.2) is 21.7 Å². The van der Waals surface area contributed by atoms with Gasteiger partial charge in [0.05, 0.1) is 17.3 Å². The normalized spacial score (nSPS) is 14.7. The van der Waals surface area contributed by atoms with E-state index in [4.69, 9.17) is 16.0 Å². The second-order valence-corrected chi connectivity index (χ2v) is 6.21. The van der Waals surface area contributed by atoms with Crippen molar-refractivity contribution >= 4 is 23.4 Å². The fraction of sp³-hybridized carbons (Fsp3) is 0.105. The first-order chi connectivity index (χ1) is 12.1. The van der Waals surface area contributed by atoms with Crippen molar-refractivity contribution in [2.45, 2.75) is 13.0 Å². The Hall–Kier alpha value is -2.92. The van der Waals surface area contributed by atoms with Crippen LogP contribution in [0.15, 0.2) is 59.1 Å². The summed E-state index contributed by atoms with van der Waals surface area (Å²) in [6.45, 7) is 1.72. The fourth-order valence-corrected chi connectivity index (χ4v) is 3.02. The van der Waals surface area contributed by atoms with E-state index in [-0.39, 0.29) is 11.8 Å². The molecular formula is C19H13ClN2O3. The van der Waals surface area contributed by atoms with E-state index in [1.165, 1.54) is 4.90 Å². The number of imide groups is 1. The second kappa shape index (κ2) is 5.86. The Morgan fingerprint density at radius 3 is 2.20 bits per heavy atom. The van der Waals surface area contributed by atoms with Gasteiger partial charge in [-0.15, -0.1) is 0 Å². The first kappa shape index (κ1) is 15.6. The molecule has 124 valence electrons. The molecule has 2 heterocycles. The molecule has 2 amide bonds. The number of halogens is 1. The van der Waals surface area contributed by atoms with Gasteiger partial charge in [-0.25, -0.2) is 4.98 Å². The Balaban J connectivity index is 1.64. The summed E-state index contributed by atoms with van der Waals surface area (Å²) in [6.07, 6.45) is 1.58. The summed E-state index contributed by atoms with van der Waals surface area (Å²) in [6, 6.07) is 13.3. The van der Waals surface area contributed by atoms with Crippen LogP contribution < -0.4 is 0 Å². The summed E-state index contributed by atoms with van der Waals surface area (Å²) in [7, 11) is 0. The zero-order chi connectivity index (χ0) is 17.6. The van der Waals surface area contributed by atoms with Crippen molar-refractivity contribution in [3.8, 4) is 11.3 Å². The monoisotopic (exact) mass is 352 g/mol. The van der Waals surface area contributed by atoms with Crippen LogP contribution in [0, 0.1) is 0 Å². The van der Waals surface area contributed by atoms with Gasteiger partial charge >= 0.3 is 0 Å². The van der Waals surface area contributed by atoms with Gasteiger partial charge in [0.25, 0.3) is 11.8 Å². The molecule has 0 radical (unpaired) electrons. The second-order valence-electron chi connectivity index (χ2n) is 5.77. The van der Waals surface area contributed by atoms with Crippen molar-refractivity contribution in [1.82, 2.24) is 9.88 Å². The average Bonchev–Trinajstić information content (AvgIpc) is 3.20. The Morgan fingerprint density at radius 1 is 1.00 bits per heavy atom. The number of nitrogens with zero attached hydrogens (tertiary/aromatic N) is 2. The molecule has 3 aromatic rings. The topological polar surface area (TPSA) is 63.4 Å². The Labute approximate surface area is 148 Å². The fourth-order valence-electron chi connectivity index (χ4n) is 2.90. The third kappa shape index (κ3) is 2.53. The van der Waals surface area contributed by atoms with E-state index >= 15 is 0 Å². The Bertz CT molecular complexity index is 943. The van der Waals surface area contributed by atoms with Gasteiger partial charge in [-0.3, -0.25) is 14.5 Å². The highest BCUT2D eigenvalue weighted by Crippen LogP contribution is 2.32. The van der Waals surface area contributed by atoms with E-state index in [0.717, 1.165) is 5.56 Å². The highest BCUT2D eigenvalue weighted by molar-refractivity contribution is 6.30. The predicted molar refractivity (Wildman–Crippen MR) is 92.3 cm³/mol. The zero-order valence-electron chi connectivity index (χ0n) is 13.3. The van der Waals surface area contributed by atoms with Crippen LogP contribution in [0.25, 0.3) is 11.3 Å². The van der Waals surface area contributed by atoms with Crippen LogP contribution in [0.4, 0.5) is 0 Å². The SMILES string of the molecule is CC(c1ncc(-c2ccc(Cl)cc2)o1)N1C(=O)c2ccccc2C1=O. The van der Waals surface area contributed by atoms with Crippen molar-refractivity contribution in [3.05, 3.63) is 76.8 Å². The lowest BCUT2D eigenvalue weighted by Gasteiger charge is -2.19. The average molecular weight is 353 g/mol. The summed E-state index contributed by atoms with van der Waals surface area (Å²) >= 11 is 5.89. The van der Waals surface area contributed by atoms with E-state index in [1.807, 2.05) is 12.1 Å². The molecule has 1 aliphatic heterocycles. The number of amides is 2. The van der Waals surface area contributed by atoms with E-state index in [9.17, 15) is 9.59 Å². The van der Waals surface area contributed by atoms with Crippen molar-refractivity contribution in [2.24, 2.45) is 0 Å². The molecule has 25 heavy (non-hydrogen) atoms. The minimum atomic E-state index is -0.603. The summed E-state index contributed by atoms with van der Waals surface area (Å²) in [5.41, 5.74) is 1.63. The van der Waals surface area contributed by atoms with Gasteiger partial charge in [0, 0.05) is 10.6 Å². The number of rotatable bonds is 3. The predicted octanol–water partition coefficient (Wildman–Crippen LogP) is 4.35. The maximum Gasteiger partial charge on any atom is 0.262 e. The maximum absolute atomic E-state index is 12.6. The van der Waals surface area contributed by atoms with Gasteiger partial charge in [-0.1, -0.05) is 23.7 Å². The van der Waals surface area contributed by atoms with Gasteiger partial charge < -0.3 is 4.42 Å². The molecular weight excluding hydrogens is 340 g/mol. The first-order valence-electron chi connectivity index (χ1n) is 7.75. The molecule has 1 atom stereocenters. The third-order valence-corrected chi connectivity index (χ3v) is 4.47. The molecule has 1 aromatic heterocycles. The molecule has 1 aliphatic rings. The molecule has 4 rings (SSSR count). The lowest BCUT2D eigenvalue weighted by atomic mass is 10.1. The molecule has 0 saturated carbocycles. The number of hydrogen-bond acceptors (Lipinski definition) is 4. The van der Waals surface area contributed by atoms with Crippen LogP contribution in [-0.2, 0) is 0 Å². The number of aromatic nitrogens is 1. The summed E-state index contributed by atoms with van der Waals surface area (Å²) < 4.78 is 5.78. The molecule has 0 spiro atoms. The standard InChI is InChI=1S/C19H13ClN2O3/c1-11(22-18(23)14-4-2-3-5-15(14)19(22)24)17-21-10-16(25-17)12-6-8-13(20)9-7-12/h2-11H,1H3. The highest BCUT2D eigenvalue weighted by atomic mass is 35.5. The molecule has 0 bridgehead atoms. The highest BCUT2D eigenvalue weighted by Gasteiger charge is 2.40. The van der Waals surface area contributed by atoms with Crippen LogP contribution in [0.3, 0.4) is 0 Å². The minimum Gasteiger partial charge on any atom is -0.438 e. The molecule has 0 N–H and O–H groups in total. The van der Waals surface area contributed by atoms with Crippen LogP contribution in [0.5, 0.6) is 0 Å². The van der Waals surface area contributed by atoms with Gasteiger partial charge in [-0.2, -0.15) is 0 Å². The van der Waals surface area contributed by atoms with Gasteiger partial charge in [-0.05, 0) is 43.3 Å². The maximum atomic E-state index is 12.6. The summed E-state index contributed by atoms with van der Waals surface area (Å²) in [5.74, 6) is 0.188. The largest absolute Gasteiger partial charge is 0.438 e. The molecule has 0 fully saturated rings.